The summed E-state index contributed by atoms with van der Waals surface area (Å²) in [5.41, 5.74) is 9.01. The number of carbonyl (C=O) groups is 4. The molecule has 6 bridgehead atoms. The Morgan fingerprint density at radius 1 is 1.18 bits per heavy atom. The summed E-state index contributed by atoms with van der Waals surface area (Å²) in [4.78, 5) is 65.8. The third kappa shape index (κ3) is 10.1. The highest BCUT2D eigenvalue weighted by Crippen LogP contribution is 2.40. The van der Waals surface area contributed by atoms with Gasteiger partial charge in [0.1, 0.15) is 12.1 Å². The van der Waals surface area contributed by atoms with E-state index in [-0.39, 0.29) is 55.5 Å². The van der Waals surface area contributed by atoms with Crippen molar-refractivity contribution < 1.29 is 33.4 Å². The van der Waals surface area contributed by atoms with Gasteiger partial charge >= 0.3 is 5.97 Å². The van der Waals surface area contributed by atoms with Crippen molar-refractivity contribution in [2.24, 2.45) is 22.2 Å². The van der Waals surface area contributed by atoms with E-state index < -0.39 is 29.4 Å². The van der Waals surface area contributed by atoms with Crippen molar-refractivity contribution in [1.29, 1.82) is 0 Å². The molecule has 15 heteroatoms. The van der Waals surface area contributed by atoms with E-state index >= 15 is 0 Å². The van der Waals surface area contributed by atoms with Gasteiger partial charge in [0, 0.05) is 78.8 Å². The van der Waals surface area contributed by atoms with E-state index in [1.807, 2.05) is 39.2 Å². The van der Waals surface area contributed by atoms with Crippen LogP contribution >= 0.6 is 11.3 Å². The Balaban J connectivity index is 1.40. The number of nitrogens with zero attached hydrogens (tertiary/aromatic N) is 5. The SMILES string of the molecule is C=CC(=O)N1CC(OCC(C(=O)N[C@H]2Cc3nc(cs3)-c3ccc4c(c3)c(c(/C(C=C)=C(/N=CC)[C@H](C)OC)n4CC)CC(C)(C)COC(=O)[C@@H]3CCCN(N3)C2=O)C(C)C)C1. The molecule has 334 valence electrons. The summed E-state index contributed by atoms with van der Waals surface area (Å²) < 4.78 is 20.3. The minimum Gasteiger partial charge on any atom is -0.464 e. The first-order valence-corrected chi connectivity index (χ1v) is 22.6. The Hall–Kier alpha value is -4.96. The summed E-state index contributed by atoms with van der Waals surface area (Å²) in [6.45, 7) is 24.0. The number of thiazole rings is 1. The molecule has 0 saturated carbocycles. The number of carbonyl (C=O) groups excluding carboxylic acids is 4. The van der Waals surface area contributed by atoms with Crippen molar-refractivity contribution in [3.8, 4) is 11.3 Å². The van der Waals surface area contributed by atoms with Gasteiger partial charge in [0.15, 0.2) is 0 Å². The number of hydrazine groups is 1. The molecule has 0 radical (unpaired) electrons. The molecule has 0 aliphatic carbocycles. The zero-order valence-corrected chi connectivity index (χ0v) is 38.3. The molecule has 2 saturated heterocycles. The molecule has 1 aromatic carbocycles. The van der Waals surface area contributed by atoms with E-state index in [2.05, 4.69) is 67.4 Å². The van der Waals surface area contributed by atoms with Gasteiger partial charge in [0.25, 0.3) is 5.91 Å². The Morgan fingerprint density at radius 3 is 2.60 bits per heavy atom. The average Bonchev–Trinajstić information content (AvgIpc) is 3.83. The second-order valence-corrected chi connectivity index (χ2v) is 18.4. The number of aryl methyl sites for hydroxylation is 1. The predicted octanol–water partition coefficient (Wildman–Crippen LogP) is 6.14. The summed E-state index contributed by atoms with van der Waals surface area (Å²) >= 11 is 1.43. The van der Waals surface area contributed by atoms with Crippen LogP contribution in [0.3, 0.4) is 0 Å². The van der Waals surface area contributed by atoms with Crippen molar-refractivity contribution in [3.63, 3.8) is 0 Å². The first kappa shape index (κ1) is 46.5. The molecule has 3 aromatic rings. The van der Waals surface area contributed by atoms with Crippen molar-refractivity contribution in [2.75, 3.05) is 40.0 Å². The Bertz CT molecular complexity index is 2230. The van der Waals surface area contributed by atoms with Gasteiger partial charge in [0.05, 0.1) is 53.4 Å². The van der Waals surface area contributed by atoms with E-state index in [1.54, 1.807) is 18.2 Å². The monoisotopic (exact) mass is 869 g/mol. The number of esters is 1. The summed E-state index contributed by atoms with van der Waals surface area (Å²) in [6.07, 6.45) is 6.16. The second kappa shape index (κ2) is 20.0. The first-order chi connectivity index (χ1) is 29.6. The highest BCUT2D eigenvalue weighted by Gasteiger charge is 2.38. The fraction of sp³-hybridized carbons (Fsp3) is 0.532. The summed E-state index contributed by atoms with van der Waals surface area (Å²) in [6, 6.07) is 4.61. The number of hydrogen-bond acceptors (Lipinski definition) is 11. The molecular formula is C47H63N7O7S. The van der Waals surface area contributed by atoms with Gasteiger partial charge < -0.3 is 29.0 Å². The lowest BCUT2D eigenvalue weighted by Crippen LogP contribution is -2.61. The van der Waals surface area contributed by atoms with Crippen LogP contribution in [-0.2, 0) is 52.8 Å². The van der Waals surface area contributed by atoms with Gasteiger partial charge in [-0.25, -0.2) is 10.4 Å². The normalized spacial score (nSPS) is 21.2. The van der Waals surface area contributed by atoms with Crippen LogP contribution in [0.1, 0.15) is 77.6 Å². The van der Waals surface area contributed by atoms with Crippen molar-refractivity contribution in [3.05, 3.63) is 70.9 Å². The number of aromatic nitrogens is 2. The molecule has 1 unspecified atom stereocenters. The lowest BCUT2D eigenvalue weighted by molar-refractivity contribution is -0.155. The van der Waals surface area contributed by atoms with E-state index in [4.69, 9.17) is 24.2 Å². The maximum atomic E-state index is 14.5. The third-order valence-corrected chi connectivity index (χ3v) is 12.9. The molecule has 5 heterocycles. The number of methoxy groups -OCH3 is 1. The number of fused-ring (bicyclic) bond motifs is 6. The average molecular weight is 870 g/mol. The number of allylic oxidation sites excluding steroid dienone is 2. The molecule has 3 amide bonds. The number of amides is 3. The lowest BCUT2D eigenvalue weighted by atomic mass is 9.84. The van der Waals surface area contributed by atoms with Gasteiger partial charge in [-0.1, -0.05) is 53.0 Å². The molecule has 0 spiro atoms. The van der Waals surface area contributed by atoms with Gasteiger partial charge in [0.2, 0.25) is 11.8 Å². The van der Waals surface area contributed by atoms with Crippen LogP contribution < -0.4 is 10.7 Å². The standard InChI is InChI=1S/C47H63N7O7S/c1-11-32(42(48-13-3)29(7)59-10)43-34-22-47(8,9)27-61-46(58)36-16-15-19-54(51-36)45(57)37(50-44(56)35(28(5)6)25-60-31-23-52(24-31)41(55)12-2)21-40-49-38(26-62-40)30-17-18-39(33(34)20-30)53(43)14-4/h11-13,17-18,20,26,28-29,31,35-37,51H,1-2,14-16,19,21-25,27H2,3-10H3,(H,50,56)/b42-32+,48-13?/t29-,35?,36-,37-/m0/s1. The van der Waals surface area contributed by atoms with E-state index in [0.717, 1.165) is 44.7 Å². The quantitative estimate of drug-likeness (QED) is 0.0892. The number of aliphatic imine (C=N–C) groups is 1. The fourth-order valence-electron chi connectivity index (χ4n) is 8.42. The van der Waals surface area contributed by atoms with Crippen LogP contribution in [0, 0.1) is 17.3 Å². The van der Waals surface area contributed by atoms with E-state index in [0.29, 0.717) is 50.4 Å². The lowest BCUT2D eigenvalue weighted by Gasteiger charge is -2.39. The smallest absolute Gasteiger partial charge is 0.324 e. The minimum absolute atomic E-state index is 0.103. The highest BCUT2D eigenvalue weighted by atomic mass is 32.1. The Labute approximate surface area is 369 Å². The number of nitrogens with one attached hydrogen (secondary N) is 2. The molecule has 6 rings (SSSR count). The van der Waals surface area contributed by atoms with Crippen LogP contribution in [0.4, 0.5) is 0 Å². The van der Waals surface area contributed by atoms with E-state index in [9.17, 15) is 19.2 Å². The predicted molar refractivity (Wildman–Crippen MR) is 243 cm³/mol. The van der Waals surface area contributed by atoms with Gasteiger partial charge in [-0.15, -0.1) is 11.3 Å². The molecule has 2 N–H and O–H groups in total. The Kier molecular flexibility index (Phi) is 15.0. The zero-order chi connectivity index (χ0) is 44.9. The molecule has 62 heavy (non-hydrogen) atoms. The summed E-state index contributed by atoms with van der Waals surface area (Å²) in [5, 5.41) is 8.21. The maximum Gasteiger partial charge on any atom is 0.324 e. The number of rotatable bonds is 13. The second-order valence-electron chi connectivity index (χ2n) is 17.5. The summed E-state index contributed by atoms with van der Waals surface area (Å²) in [7, 11) is 1.67. The Morgan fingerprint density at radius 2 is 1.94 bits per heavy atom. The van der Waals surface area contributed by atoms with Crippen LogP contribution in [0.25, 0.3) is 27.7 Å². The molecule has 3 aliphatic heterocycles. The van der Waals surface area contributed by atoms with Gasteiger partial charge in [-0.05, 0) is 69.7 Å². The van der Waals surface area contributed by atoms with Crippen molar-refractivity contribution in [1.82, 2.24) is 30.2 Å². The number of benzene rings is 1. The fourth-order valence-corrected chi connectivity index (χ4v) is 9.27. The summed E-state index contributed by atoms with van der Waals surface area (Å²) in [5.74, 6) is -1.95. The largest absolute Gasteiger partial charge is 0.464 e. The number of cyclic esters (lactones) is 1. The van der Waals surface area contributed by atoms with Gasteiger partial charge in [-0.3, -0.25) is 29.2 Å². The topological polar surface area (TPSA) is 157 Å². The van der Waals surface area contributed by atoms with Crippen molar-refractivity contribution in [2.45, 2.75) is 105 Å². The number of likely N-dealkylation sites (tertiary alicyclic amines) is 1. The van der Waals surface area contributed by atoms with E-state index in [1.165, 1.54) is 22.4 Å². The van der Waals surface area contributed by atoms with Gasteiger partial charge in [-0.2, -0.15) is 0 Å². The molecule has 3 aliphatic rings. The number of hydrogen-bond donors (Lipinski definition) is 2. The van der Waals surface area contributed by atoms with Crippen LogP contribution in [0.2, 0.25) is 0 Å². The zero-order valence-electron chi connectivity index (χ0n) is 37.5. The minimum atomic E-state index is -0.985. The molecule has 2 fully saturated rings. The first-order valence-electron chi connectivity index (χ1n) is 21.7. The van der Waals surface area contributed by atoms with Crippen molar-refractivity contribution >= 4 is 57.7 Å². The maximum absolute atomic E-state index is 14.5. The van der Waals surface area contributed by atoms with Crippen LogP contribution in [0.15, 0.2) is 59.6 Å². The molecule has 2 aromatic heterocycles. The molecule has 4 atom stereocenters. The number of ether oxygens (including phenoxy) is 3. The molecule has 14 nitrogen and oxygen atoms in total. The molecular weight excluding hydrogens is 807 g/mol. The van der Waals surface area contributed by atoms with Crippen LogP contribution in [0.5, 0.6) is 0 Å². The van der Waals surface area contributed by atoms with Crippen LogP contribution in [-0.4, -0.2) is 114 Å². The highest BCUT2D eigenvalue weighted by molar-refractivity contribution is 7.10. The third-order valence-electron chi connectivity index (χ3n) is 12.1.